The molecule has 0 aromatic heterocycles. The Morgan fingerprint density at radius 1 is 0.850 bits per heavy atom. The van der Waals surface area contributed by atoms with Crippen molar-refractivity contribution in [1.82, 2.24) is 0 Å². The minimum absolute atomic E-state index is 0.376. The fourth-order valence-corrected chi connectivity index (χ4v) is 4.47. The van der Waals surface area contributed by atoms with Crippen LogP contribution >= 0.6 is 0 Å². The van der Waals surface area contributed by atoms with Crippen LogP contribution in [0.15, 0.2) is 0 Å². The van der Waals surface area contributed by atoms with E-state index in [1.54, 1.807) is 0 Å². The van der Waals surface area contributed by atoms with E-state index in [2.05, 4.69) is 40.7 Å². The number of hydrogen-bond acceptors (Lipinski definition) is 1. The van der Waals surface area contributed by atoms with Gasteiger partial charge in [0.1, 0.15) is 0 Å². The first-order valence-electron chi connectivity index (χ1n) is 8.87. The van der Waals surface area contributed by atoms with Gasteiger partial charge < -0.3 is 0 Å². The lowest BCUT2D eigenvalue weighted by atomic mass is 9.69. The van der Waals surface area contributed by atoms with Crippen LogP contribution in [0.4, 0.5) is 0 Å². The Kier molecular flexibility index (Phi) is 7.63. The number of nitrogens with zero attached hydrogens (tertiary/aromatic N) is 1. The van der Waals surface area contributed by atoms with Gasteiger partial charge in [-0.2, -0.15) is 5.26 Å². The van der Waals surface area contributed by atoms with Crippen LogP contribution in [0, 0.1) is 46.8 Å². The molecule has 2 unspecified atom stereocenters. The first-order valence-corrected chi connectivity index (χ1v) is 8.87. The standard InChI is InChI=1S/C11H22.C8H13N/c1-5-11-9(3)6-8(2)7-10(11)4;1-7-2-4-8(6-9)5-3-7/h8-11H,5-7H2,1-4H3;7-8H,2-5H2,1H3. The molecule has 2 rings (SSSR count). The molecule has 0 N–H and O–H groups in total. The fourth-order valence-electron chi connectivity index (χ4n) is 4.47. The molecule has 1 heteroatoms. The minimum Gasteiger partial charge on any atom is -0.198 e. The molecule has 0 aromatic rings. The lowest BCUT2D eigenvalue weighted by Gasteiger charge is -2.37. The highest BCUT2D eigenvalue weighted by Gasteiger charge is 2.29. The largest absolute Gasteiger partial charge is 0.198 e. The average Bonchev–Trinajstić information content (AvgIpc) is 2.40. The Morgan fingerprint density at radius 3 is 1.75 bits per heavy atom. The first-order chi connectivity index (χ1) is 9.47. The molecule has 116 valence electrons. The van der Waals surface area contributed by atoms with Gasteiger partial charge in [-0.05, 0) is 68.1 Å². The van der Waals surface area contributed by atoms with Gasteiger partial charge in [0.05, 0.1) is 6.07 Å². The van der Waals surface area contributed by atoms with Crippen LogP contribution < -0.4 is 0 Å². The molecule has 1 nitrogen and oxygen atoms in total. The first kappa shape index (κ1) is 17.5. The molecule has 2 fully saturated rings. The van der Waals surface area contributed by atoms with Gasteiger partial charge in [0.2, 0.25) is 0 Å². The maximum Gasteiger partial charge on any atom is 0.0655 e. The van der Waals surface area contributed by atoms with Crippen LogP contribution in [0.5, 0.6) is 0 Å². The predicted octanol–water partition coefficient (Wildman–Crippen LogP) is 6.05. The van der Waals surface area contributed by atoms with E-state index < -0.39 is 0 Å². The molecule has 0 amide bonds. The third kappa shape index (κ3) is 5.47. The molecule has 0 heterocycles. The van der Waals surface area contributed by atoms with Gasteiger partial charge in [-0.1, -0.05) is 41.0 Å². The summed E-state index contributed by atoms with van der Waals surface area (Å²) in [5, 5.41) is 8.53. The van der Waals surface area contributed by atoms with Crippen molar-refractivity contribution in [3.63, 3.8) is 0 Å². The summed E-state index contributed by atoms with van der Waals surface area (Å²) < 4.78 is 0. The van der Waals surface area contributed by atoms with E-state index >= 15 is 0 Å². The second-order valence-corrected chi connectivity index (χ2v) is 7.69. The monoisotopic (exact) mass is 277 g/mol. The molecular formula is C19H35N. The van der Waals surface area contributed by atoms with Gasteiger partial charge >= 0.3 is 0 Å². The smallest absolute Gasteiger partial charge is 0.0655 e. The summed E-state index contributed by atoms with van der Waals surface area (Å²) in [4.78, 5) is 0. The van der Waals surface area contributed by atoms with Gasteiger partial charge in [-0.25, -0.2) is 0 Å². The van der Waals surface area contributed by atoms with E-state index in [4.69, 9.17) is 5.26 Å². The van der Waals surface area contributed by atoms with E-state index in [0.29, 0.717) is 5.92 Å². The van der Waals surface area contributed by atoms with Gasteiger partial charge in [-0.15, -0.1) is 0 Å². The molecule has 2 aliphatic rings. The predicted molar refractivity (Wildman–Crippen MR) is 87.2 cm³/mol. The van der Waals surface area contributed by atoms with Crippen molar-refractivity contribution in [3.05, 3.63) is 0 Å². The Bertz CT molecular complexity index is 283. The topological polar surface area (TPSA) is 23.8 Å². The molecule has 0 aliphatic heterocycles. The van der Waals surface area contributed by atoms with Gasteiger partial charge in [-0.3, -0.25) is 0 Å². The van der Waals surface area contributed by atoms with Crippen molar-refractivity contribution < 1.29 is 0 Å². The van der Waals surface area contributed by atoms with Crippen molar-refractivity contribution in [2.24, 2.45) is 35.5 Å². The minimum atomic E-state index is 0.376. The zero-order chi connectivity index (χ0) is 15.1. The van der Waals surface area contributed by atoms with Crippen LogP contribution in [-0.4, -0.2) is 0 Å². The summed E-state index contributed by atoms with van der Waals surface area (Å²) in [5.74, 6) is 5.17. The van der Waals surface area contributed by atoms with Crippen molar-refractivity contribution in [2.75, 3.05) is 0 Å². The highest BCUT2D eigenvalue weighted by atomic mass is 14.3. The maximum atomic E-state index is 8.53. The van der Waals surface area contributed by atoms with Crippen molar-refractivity contribution in [1.29, 1.82) is 5.26 Å². The van der Waals surface area contributed by atoms with E-state index in [9.17, 15) is 0 Å². The average molecular weight is 277 g/mol. The van der Waals surface area contributed by atoms with Gasteiger partial charge in [0.25, 0.3) is 0 Å². The van der Waals surface area contributed by atoms with Crippen LogP contribution in [0.3, 0.4) is 0 Å². The summed E-state index contributed by atoms with van der Waals surface area (Å²) in [5.41, 5.74) is 0. The Morgan fingerprint density at radius 2 is 1.35 bits per heavy atom. The molecule has 20 heavy (non-hydrogen) atoms. The summed E-state index contributed by atoms with van der Waals surface area (Å²) >= 11 is 0. The van der Waals surface area contributed by atoms with Crippen molar-refractivity contribution >= 4 is 0 Å². The second-order valence-electron chi connectivity index (χ2n) is 7.69. The number of hydrogen-bond donors (Lipinski definition) is 0. The highest BCUT2D eigenvalue weighted by Crippen LogP contribution is 2.39. The lowest BCUT2D eigenvalue weighted by molar-refractivity contribution is 0.132. The zero-order valence-corrected chi connectivity index (χ0v) is 14.4. The van der Waals surface area contributed by atoms with Crippen LogP contribution in [-0.2, 0) is 0 Å². The molecule has 2 aliphatic carbocycles. The lowest BCUT2D eigenvalue weighted by Crippen LogP contribution is -2.28. The molecule has 0 saturated heterocycles. The Balaban J connectivity index is 0.000000204. The molecule has 0 spiro atoms. The summed E-state index contributed by atoms with van der Waals surface area (Å²) in [6.07, 6.45) is 9.10. The molecule has 2 saturated carbocycles. The molecule has 0 radical (unpaired) electrons. The van der Waals surface area contributed by atoms with Crippen LogP contribution in [0.2, 0.25) is 0 Å². The Hall–Kier alpha value is -0.510. The van der Waals surface area contributed by atoms with E-state index in [1.165, 1.54) is 32.1 Å². The normalized spacial score (nSPS) is 41.2. The molecule has 2 atom stereocenters. The third-order valence-corrected chi connectivity index (χ3v) is 5.68. The van der Waals surface area contributed by atoms with E-state index in [-0.39, 0.29) is 0 Å². The van der Waals surface area contributed by atoms with E-state index in [0.717, 1.165) is 42.4 Å². The number of nitriles is 1. The maximum absolute atomic E-state index is 8.53. The number of rotatable bonds is 1. The van der Waals surface area contributed by atoms with Crippen molar-refractivity contribution in [2.45, 2.75) is 79.6 Å². The highest BCUT2D eigenvalue weighted by molar-refractivity contribution is 4.86. The van der Waals surface area contributed by atoms with Crippen LogP contribution in [0.25, 0.3) is 0 Å². The summed E-state index contributed by atoms with van der Waals surface area (Å²) in [6.45, 7) is 11.9. The Labute approximate surface area is 127 Å². The quantitative estimate of drug-likeness (QED) is 0.572. The van der Waals surface area contributed by atoms with Gasteiger partial charge in [0.15, 0.2) is 0 Å². The molecular weight excluding hydrogens is 242 g/mol. The summed E-state index contributed by atoms with van der Waals surface area (Å²) in [7, 11) is 0. The van der Waals surface area contributed by atoms with Gasteiger partial charge in [0, 0.05) is 5.92 Å². The zero-order valence-electron chi connectivity index (χ0n) is 14.4. The van der Waals surface area contributed by atoms with Crippen LogP contribution in [0.1, 0.15) is 79.6 Å². The molecule has 0 bridgehead atoms. The van der Waals surface area contributed by atoms with Crippen molar-refractivity contribution in [3.8, 4) is 6.07 Å². The second kappa shape index (κ2) is 8.71. The third-order valence-electron chi connectivity index (χ3n) is 5.68. The van der Waals surface area contributed by atoms with E-state index in [1.807, 2.05) is 0 Å². The molecule has 0 aromatic carbocycles. The summed E-state index contributed by atoms with van der Waals surface area (Å²) in [6, 6.07) is 2.32. The fraction of sp³-hybridized carbons (Fsp3) is 0.947. The SMILES string of the molecule is CC1CCC(C#N)CC1.CCC1C(C)CC(C)CC1C.